The molecule has 152 valence electrons. The van der Waals surface area contributed by atoms with Gasteiger partial charge in [0.05, 0.1) is 18.4 Å². The molecule has 1 spiro atoms. The van der Waals surface area contributed by atoms with Crippen molar-refractivity contribution in [3.8, 4) is 0 Å². The third-order valence-electron chi connectivity index (χ3n) is 5.97. The summed E-state index contributed by atoms with van der Waals surface area (Å²) in [6.45, 7) is 1.81. The number of pyridine rings is 1. The molecule has 0 saturated carbocycles. The maximum Gasteiger partial charge on any atom is 0.326 e. The lowest BCUT2D eigenvalue weighted by Gasteiger charge is -2.36. The van der Waals surface area contributed by atoms with Gasteiger partial charge in [0.25, 0.3) is 5.91 Å². The maximum atomic E-state index is 13.2. The zero-order chi connectivity index (χ0) is 20.4. The minimum absolute atomic E-state index is 0.115. The van der Waals surface area contributed by atoms with Crippen LogP contribution in [0.25, 0.3) is 0 Å². The fourth-order valence-corrected chi connectivity index (χ4v) is 4.27. The lowest BCUT2D eigenvalue weighted by Crippen LogP contribution is -2.54. The second-order valence-corrected chi connectivity index (χ2v) is 8.01. The predicted molar refractivity (Wildman–Crippen MR) is 110 cm³/mol. The number of carbonyl (C=O) groups excluding carboxylic acids is 2. The van der Waals surface area contributed by atoms with Gasteiger partial charge in [-0.05, 0) is 44.6 Å². The first-order valence-electron chi connectivity index (χ1n) is 9.99. The molecule has 1 aromatic carbocycles. The Kier molecular flexibility index (Phi) is 5.34. The van der Waals surface area contributed by atoms with Crippen LogP contribution in [0, 0.1) is 0 Å². The molecule has 2 fully saturated rings. The van der Waals surface area contributed by atoms with Crippen molar-refractivity contribution in [3.63, 3.8) is 0 Å². The summed E-state index contributed by atoms with van der Waals surface area (Å²) in [7, 11) is 3.96. The first-order chi connectivity index (χ1) is 14.0. The van der Waals surface area contributed by atoms with Crippen LogP contribution in [0.3, 0.4) is 0 Å². The average Bonchev–Trinajstić information content (AvgIpc) is 2.96. The third-order valence-corrected chi connectivity index (χ3v) is 5.97. The van der Waals surface area contributed by atoms with Gasteiger partial charge in [0.2, 0.25) is 0 Å². The van der Waals surface area contributed by atoms with Gasteiger partial charge in [0.1, 0.15) is 5.54 Å². The van der Waals surface area contributed by atoms with Crippen LogP contribution in [0.1, 0.15) is 30.1 Å². The van der Waals surface area contributed by atoms with E-state index in [1.54, 1.807) is 6.20 Å². The summed E-state index contributed by atoms with van der Waals surface area (Å²) in [4.78, 5) is 36.0. The summed E-state index contributed by atoms with van der Waals surface area (Å²) in [5.74, 6) is -0.115. The highest BCUT2D eigenvalue weighted by Gasteiger charge is 2.52. The quantitative estimate of drug-likeness (QED) is 0.788. The number of urea groups is 1. The number of piperidine rings is 1. The van der Waals surface area contributed by atoms with Gasteiger partial charge in [0, 0.05) is 19.3 Å². The van der Waals surface area contributed by atoms with Crippen LogP contribution in [0.4, 0.5) is 4.79 Å². The van der Waals surface area contributed by atoms with Crippen molar-refractivity contribution in [2.24, 2.45) is 0 Å². The highest BCUT2D eigenvalue weighted by Crippen LogP contribution is 2.31. The molecular formula is C22H27N5O2. The van der Waals surface area contributed by atoms with E-state index in [1.807, 2.05) is 67.5 Å². The number of rotatable bonds is 5. The van der Waals surface area contributed by atoms with E-state index in [-0.39, 0.29) is 24.6 Å². The molecule has 4 rings (SSSR count). The van der Waals surface area contributed by atoms with Gasteiger partial charge in [-0.1, -0.05) is 36.4 Å². The van der Waals surface area contributed by atoms with Gasteiger partial charge >= 0.3 is 6.03 Å². The Morgan fingerprint density at radius 2 is 1.79 bits per heavy atom. The number of imide groups is 1. The molecule has 1 aromatic heterocycles. The first-order valence-corrected chi connectivity index (χ1v) is 9.99. The Labute approximate surface area is 171 Å². The molecule has 2 aliphatic rings. The minimum atomic E-state index is -0.752. The topological polar surface area (TPSA) is 68.8 Å². The van der Waals surface area contributed by atoms with Crippen LogP contribution >= 0.6 is 0 Å². The molecule has 3 amide bonds. The van der Waals surface area contributed by atoms with Crippen molar-refractivity contribution < 1.29 is 9.59 Å². The van der Waals surface area contributed by atoms with Crippen LogP contribution in [0.5, 0.6) is 0 Å². The van der Waals surface area contributed by atoms with E-state index in [0.717, 1.165) is 24.3 Å². The SMILES string of the molecule is CN1CCC2(CC1)NC(=O)N(CN(C)C(c1ccccc1)c1ccccn1)C2=O. The first kappa shape index (κ1) is 19.5. The second-order valence-electron chi connectivity index (χ2n) is 8.01. The van der Waals surface area contributed by atoms with Crippen molar-refractivity contribution >= 4 is 11.9 Å². The van der Waals surface area contributed by atoms with Gasteiger partial charge in [-0.2, -0.15) is 0 Å². The van der Waals surface area contributed by atoms with Crippen molar-refractivity contribution in [2.45, 2.75) is 24.4 Å². The molecule has 2 aromatic rings. The Bertz CT molecular complexity index is 826. The van der Waals surface area contributed by atoms with Crippen molar-refractivity contribution in [1.82, 2.24) is 25.0 Å². The Morgan fingerprint density at radius 1 is 1.10 bits per heavy atom. The number of hydrogen-bond donors (Lipinski definition) is 1. The average molecular weight is 393 g/mol. The number of aromatic nitrogens is 1. The van der Waals surface area contributed by atoms with Crippen LogP contribution in [0.15, 0.2) is 54.7 Å². The Hall–Kier alpha value is -2.77. The molecule has 2 saturated heterocycles. The summed E-state index contributed by atoms with van der Waals surface area (Å²) in [6.07, 6.45) is 3.06. The summed E-state index contributed by atoms with van der Waals surface area (Å²) in [5, 5.41) is 2.98. The number of nitrogens with one attached hydrogen (secondary N) is 1. The molecule has 2 aliphatic heterocycles. The molecule has 1 atom stereocenters. The van der Waals surface area contributed by atoms with E-state index in [4.69, 9.17) is 0 Å². The van der Waals surface area contributed by atoms with Crippen LogP contribution in [-0.2, 0) is 4.79 Å². The molecule has 0 radical (unpaired) electrons. The fourth-order valence-electron chi connectivity index (χ4n) is 4.27. The summed E-state index contributed by atoms with van der Waals surface area (Å²) in [6, 6.07) is 15.4. The summed E-state index contributed by atoms with van der Waals surface area (Å²) < 4.78 is 0. The van der Waals surface area contributed by atoms with Gasteiger partial charge in [-0.15, -0.1) is 0 Å². The molecule has 7 heteroatoms. The third kappa shape index (κ3) is 3.75. The van der Waals surface area contributed by atoms with Gasteiger partial charge in [-0.25, -0.2) is 9.69 Å². The highest BCUT2D eigenvalue weighted by molar-refractivity contribution is 6.07. The number of hydrogen-bond acceptors (Lipinski definition) is 5. The molecule has 7 nitrogen and oxygen atoms in total. The monoisotopic (exact) mass is 393 g/mol. The van der Waals surface area contributed by atoms with Crippen molar-refractivity contribution in [1.29, 1.82) is 0 Å². The van der Waals surface area contributed by atoms with E-state index in [9.17, 15) is 9.59 Å². The fraction of sp³-hybridized carbons (Fsp3) is 0.409. The second kappa shape index (κ2) is 7.93. The minimum Gasteiger partial charge on any atom is -0.323 e. The van der Waals surface area contributed by atoms with Crippen molar-refractivity contribution in [2.75, 3.05) is 33.9 Å². The zero-order valence-corrected chi connectivity index (χ0v) is 16.9. The van der Waals surface area contributed by atoms with Crippen LogP contribution in [-0.4, -0.2) is 71.0 Å². The molecule has 0 bridgehead atoms. The number of benzene rings is 1. The summed E-state index contributed by atoms with van der Waals surface area (Å²) in [5.41, 5.74) is 1.19. The molecular weight excluding hydrogens is 366 g/mol. The van der Waals surface area contributed by atoms with E-state index in [2.05, 4.69) is 15.2 Å². The van der Waals surface area contributed by atoms with Gasteiger partial charge < -0.3 is 10.2 Å². The number of likely N-dealkylation sites (tertiary alicyclic amines) is 1. The predicted octanol–water partition coefficient (Wildman–Crippen LogP) is 2.08. The molecule has 3 heterocycles. The smallest absolute Gasteiger partial charge is 0.323 e. The number of amides is 3. The maximum absolute atomic E-state index is 13.2. The standard InChI is InChI=1S/C22H27N5O2/c1-25-14-11-22(12-15-25)20(28)27(21(29)24-22)16-26(2)19(17-8-4-3-5-9-17)18-10-6-7-13-23-18/h3-10,13,19H,11-12,14-16H2,1-2H3,(H,24,29). The van der Waals surface area contributed by atoms with Crippen LogP contribution < -0.4 is 5.32 Å². The zero-order valence-electron chi connectivity index (χ0n) is 16.9. The lowest BCUT2D eigenvalue weighted by atomic mass is 9.88. The molecule has 29 heavy (non-hydrogen) atoms. The molecule has 1 N–H and O–H groups in total. The van der Waals surface area contributed by atoms with Gasteiger partial charge in [0.15, 0.2) is 0 Å². The van der Waals surface area contributed by atoms with Gasteiger partial charge in [-0.3, -0.25) is 14.7 Å². The van der Waals surface area contributed by atoms with E-state index in [0.29, 0.717) is 12.8 Å². The molecule has 1 unspecified atom stereocenters. The highest BCUT2D eigenvalue weighted by atomic mass is 16.2. The normalized spacial score (nSPS) is 20.3. The van der Waals surface area contributed by atoms with E-state index in [1.165, 1.54) is 4.90 Å². The number of carbonyl (C=O) groups is 2. The lowest BCUT2D eigenvalue weighted by molar-refractivity contribution is -0.134. The van der Waals surface area contributed by atoms with Crippen molar-refractivity contribution in [3.05, 3.63) is 66.0 Å². The Balaban J connectivity index is 1.57. The Morgan fingerprint density at radius 3 is 2.45 bits per heavy atom. The summed E-state index contributed by atoms with van der Waals surface area (Å²) >= 11 is 0. The van der Waals surface area contributed by atoms with E-state index >= 15 is 0 Å². The van der Waals surface area contributed by atoms with Crippen LogP contribution in [0.2, 0.25) is 0 Å². The number of nitrogens with zero attached hydrogens (tertiary/aromatic N) is 4. The van der Waals surface area contributed by atoms with E-state index < -0.39 is 5.54 Å². The molecule has 0 aliphatic carbocycles. The largest absolute Gasteiger partial charge is 0.326 e.